The van der Waals surface area contributed by atoms with Crippen molar-refractivity contribution in [3.63, 3.8) is 0 Å². The molecule has 0 spiro atoms. The van der Waals surface area contributed by atoms with Crippen LogP contribution in [0.3, 0.4) is 0 Å². The molecule has 1 N–H and O–H groups in total. The predicted molar refractivity (Wildman–Crippen MR) is 120 cm³/mol. The highest BCUT2D eigenvalue weighted by molar-refractivity contribution is 9.10. The lowest BCUT2D eigenvalue weighted by atomic mass is 9.99. The van der Waals surface area contributed by atoms with Gasteiger partial charge in [0.2, 0.25) is 8.32 Å². The summed E-state index contributed by atoms with van der Waals surface area (Å²) in [5.41, 5.74) is 8.15. The molecule has 3 rings (SSSR count). The van der Waals surface area contributed by atoms with E-state index in [1.807, 2.05) is 24.3 Å². The second-order valence-corrected chi connectivity index (χ2v) is 14.3. The molecule has 0 saturated heterocycles. The number of pyridine rings is 1. The van der Waals surface area contributed by atoms with Crippen LogP contribution in [0.4, 0.5) is 0 Å². The maximum absolute atomic E-state index is 12.7. The van der Waals surface area contributed by atoms with Crippen LogP contribution in [0.2, 0.25) is 18.1 Å². The van der Waals surface area contributed by atoms with Crippen molar-refractivity contribution in [3.05, 3.63) is 69.5 Å². The van der Waals surface area contributed by atoms with Gasteiger partial charge in [-0.05, 0) is 63.7 Å². The molecule has 0 bridgehead atoms. The second-order valence-electron chi connectivity index (χ2n) is 8.73. The monoisotopic (exact) mass is 458 g/mol. The van der Waals surface area contributed by atoms with Gasteiger partial charge in [0, 0.05) is 34.4 Å². The van der Waals surface area contributed by atoms with Gasteiger partial charge in [-0.3, -0.25) is 15.3 Å². The average Bonchev–Trinajstić information content (AvgIpc) is 3.03. The Kier molecular flexibility index (Phi) is 5.94. The minimum absolute atomic E-state index is 0.105. The van der Waals surface area contributed by atoms with E-state index in [2.05, 4.69) is 66.3 Å². The van der Waals surface area contributed by atoms with Crippen LogP contribution >= 0.6 is 15.9 Å². The zero-order chi connectivity index (χ0) is 20.5. The van der Waals surface area contributed by atoms with Crippen LogP contribution in [-0.2, 0) is 17.4 Å². The Morgan fingerprint density at radius 2 is 2.04 bits per heavy atom. The van der Waals surface area contributed by atoms with E-state index in [1.165, 1.54) is 0 Å². The third-order valence-electron chi connectivity index (χ3n) is 5.67. The third kappa shape index (κ3) is 4.45. The van der Waals surface area contributed by atoms with Crippen LogP contribution in [0, 0.1) is 0 Å². The van der Waals surface area contributed by atoms with E-state index in [9.17, 15) is 4.79 Å². The first kappa shape index (κ1) is 21.0. The number of Topliss-reactive ketones (excluding diaryl/α,β-unsaturated/α-hetero) is 1. The Hall–Kier alpha value is -1.76. The van der Waals surface area contributed by atoms with Crippen molar-refractivity contribution in [1.82, 2.24) is 10.5 Å². The second kappa shape index (κ2) is 7.93. The number of hydrogen-bond donors (Lipinski definition) is 1. The van der Waals surface area contributed by atoms with E-state index in [1.54, 1.807) is 12.4 Å². The molecule has 28 heavy (non-hydrogen) atoms. The maximum Gasteiger partial charge on any atom is 0.228 e. The fourth-order valence-corrected chi connectivity index (χ4v) is 3.84. The molecule has 1 aromatic heterocycles. The van der Waals surface area contributed by atoms with Crippen molar-refractivity contribution in [2.75, 3.05) is 0 Å². The van der Waals surface area contributed by atoms with Crippen LogP contribution < -0.4 is 5.48 Å². The molecule has 148 valence electrons. The van der Waals surface area contributed by atoms with Gasteiger partial charge in [0.15, 0.2) is 5.78 Å². The molecule has 0 unspecified atom stereocenters. The molecule has 4 nitrogen and oxygen atoms in total. The zero-order valence-electron chi connectivity index (χ0n) is 17.1. The standard InChI is InChI=1S/C22H27BrN2O2Si/c1-22(2,3)28(4,5)27-25-20-9-7-15-12-17(6-8-18(15)20)21(26)13-16-10-11-24-14-19(16)23/h6,8-12,14,25H,7,13H2,1-5H3. The number of carbonyl (C=O) groups excluding carboxylic acids is 1. The summed E-state index contributed by atoms with van der Waals surface area (Å²) in [6, 6.07) is 7.80. The topological polar surface area (TPSA) is 51.2 Å². The van der Waals surface area contributed by atoms with Crippen molar-refractivity contribution in [2.45, 2.75) is 51.7 Å². The first-order valence-corrected chi connectivity index (χ1v) is 13.2. The molecular formula is C22H27BrN2O2Si. The summed E-state index contributed by atoms with van der Waals surface area (Å²) in [5.74, 6) is 0.105. The number of nitrogens with one attached hydrogen (secondary N) is 1. The number of halogens is 1. The number of fused-ring (bicyclic) bond motifs is 1. The van der Waals surface area contributed by atoms with E-state index in [0.29, 0.717) is 6.42 Å². The number of nitrogens with zero attached hydrogens (tertiary/aromatic N) is 1. The van der Waals surface area contributed by atoms with Crippen molar-refractivity contribution in [1.29, 1.82) is 0 Å². The largest absolute Gasteiger partial charge is 0.322 e. The van der Waals surface area contributed by atoms with Crippen molar-refractivity contribution >= 4 is 35.7 Å². The molecule has 0 atom stereocenters. The SMILES string of the molecule is CC(C)(C)[Si](C)(C)ONC1=CCc2cc(C(=O)Cc3ccncc3Br)ccc21. The molecule has 1 aliphatic carbocycles. The smallest absolute Gasteiger partial charge is 0.228 e. The van der Waals surface area contributed by atoms with Crippen LogP contribution in [0.25, 0.3) is 5.70 Å². The number of rotatable bonds is 6. The molecule has 1 aliphatic rings. The van der Waals surface area contributed by atoms with Crippen LogP contribution in [-0.4, -0.2) is 19.1 Å². The Morgan fingerprint density at radius 3 is 2.71 bits per heavy atom. The molecule has 2 aromatic rings. The lowest BCUT2D eigenvalue weighted by Crippen LogP contribution is -2.44. The zero-order valence-corrected chi connectivity index (χ0v) is 19.7. The lowest BCUT2D eigenvalue weighted by molar-refractivity contribution is 0.0992. The molecule has 0 fully saturated rings. The van der Waals surface area contributed by atoms with Gasteiger partial charge < -0.3 is 4.53 Å². The van der Waals surface area contributed by atoms with E-state index in [-0.39, 0.29) is 10.8 Å². The normalized spacial score (nSPS) is 13.9. The Bertz CT molecular complexity index is 932. The summed E-state index contributed by atoms with van der Waals surface area (Å²) in [5, 5.41) is 0.138. The molecule has 0 amide bonds. The van der Waals surface area contributed by atoms with Gasteiger partial charge in [0.05, 0.1) is 5.70 Å². The molecule has 6 heteroatoms. The van der Waals surface area contributed by atoms with E-state index >= 15 is 0 Å². The molecule has 0 saturated carbocycles. The highest BCUT2D eigenvalue weighted by Gasteiger charge is 2.38. The number of benzene rings is 1. The van der Waals surface area contributed by atoms with Gasteiger partial charge in [-0.2, -0.15) is 0 Å². The van der Waals surface area contributed by atoms with Crippen molar-refractivity contribution in [2.24, 2.45) is 0 Å². The molecule has 1 aromatic carbocycles. The summed E-state index contributed by atoms with van der Waals surface area (Å²) >= 11 is 3.46. The van der Waals surface area contributed by atoms with E-state index < -0.39 is 8.32 Å². The molecular weight excluding hydrogens is 432 g/mol. The fraction of sp³-hybridized carbons (Fsp3) is 0.364. The number of carbonyl (C=O) groups is 1. The third-order valence-corrected chi connectivity index (χ3v) is 10.6. The quantitative estimate of drug-likeness (QED) is 0.342. The van der Waals surface area contributed by atoms with Crippen LogP contribution in [0.1, 0.15) is 47.8 Å². The minimum Gasteiger partial charge on any atom is -0.322 e. The maximum atomic E-state index is 12.7. The Labute approximate surface area is 176 Å². The van der Waals surface area contributed by atoms with Gasteiger partial charge >= 0.3 is 0 Å². The first-order chi connectivity index (χ1) is 13.1. The van der Waals surface area contributed by atoms with E-state index in [0.717, 1.165) is 38.8 Å². The van der Waals surface area contributed by atoms with Gasteiger partial charge in [0.1, 0.15) is 0 Å². The summed E-state index contributed by atoms with van der Waals surface area (Å²) < 4.78 is 7.01. The number of ketones is 1. The van der Waals surface area contributed by atoms with Gasteiger partial charge in [-0.15, -0.1) is 0 Å². The average molecular weight is 459 g/mol. The number of allylic oxidation sites excluding steroid dienone is 1. The molecule has 1 heterocycles. The number of hydrogen-bond acceptors (Lipinski definition) is 4. The van der Waals surface area contributed by atoms with Crippen molar-refractivity contribution < 1.29 is 9.32 Å². The minimum atomic E-state index is -1.89. The Balaban J connectivity index is 1.70. The van der Waals surface area contributed by atoms with Crippen molar-refractivity contribution in [3.8, 4) is 0 Å². The number of aromatic nitrogens is 1. The van der Waals surface area contributed by atoms with Crippen LogP contribution in [0.15, 0.2) is 47.2 Å². The van der Waals surface area contributed by atoms with Gasteiger partial charge in [-0.1, -0.05) is 39.0 Å². The summed E-state index contributed by atoms with van der Waals surface area (Å²) in [7, 11) is -1.89. The first-order valence-electron chi connectivity index (χ1n) is 9.47. The Morgan fingerprint density at radius 1 is 1.29 bits per heavy atom. The molecule has 0 aliphatic heterocycles. The fourth-order valence-electron chi connectivity index (χ4n) is 2.78. The van der Waals surface area contributed by atoms with E-state index in [4.69, 9.17) is 4.53 Å². The summed E-state index contributed by atoms with van der Waals surface area (Å²) in [6.07, 6.45) is 6.72. The number of hydroxylamine groups is 1. The van der Waals surface area contributed by atoms with Gasteiger partial charge in [0.25, 0.3) is 0 Å². The molecule has 0 radical (unpaired) electrons. The lowest BCUT2D eigenvalue weighted by Gasteiger charge is -2.35. The predicted octanol–water partition coefficient (Wildman–Crippen LogP) is 5.69. The summed E-state index contributed by atoms with van der Waals surface area (Å²) in [4.78, 5) is 16.8. The van der Waals surface area contributed by atoms with Gasteiger partial charge in [-0.25, -0.2) is 0 Å². The highest BCUT2D eigenvalue weighted by atomic mass is 79.9. The van der Waals surface area contributed by atoms with Crippen LogP contribution in [0.5, 0.6) is 0 Å². The summed E-state index contributed by atoms with van der Waals surface area (Å²) in [6.45, 7) is 11.1. The highest BCUT2D eigenvalue weighted by Crippen LogP contribution is 2.37.